The molecule has 4 aromatic rings. The summed E-state index contributed by atoms with van der Waals surface area (Å²) in [5.41, 5.74) is 9.12. The van der Waals surface area contributed by atoms with E-state index in [0.29, 0.717) is 28.8 Å². The summed E-state index contributed by atoms with van der Waals surface area (Å²) < 4.78 is 26.1. The molecule has 0 bridgehead atoms. The van der Waals surface area contributed by atoms with Crippen molar-refractivity contribution in [1.29, 1.82) is 0 Å². The van der Waals surface area contributed by atoms with E-state index in [1.807, 2.05) is 41.0 Å². The summed E-state index contributed by atoms with van der Waals surface area (Å²) >= 11 is 11.8. The first-order valence-electron chi connectivity index (χ1n) is 18.6. The maximum atomic E-state index is 13.1. The molecule has 3 atom stereocenters. The van der Waals surface area contributed by atoms with Gasteiger partial charge in [-0.25, -0.2) is 8.78 Å². The van der Waals surface area contributed by atoms with Crippen LogP contribution in [0.5, 0.6) is 0 Å². The van der Waals surface area contributed by atoms with Crippen LogP contribution in [-0.4, -0.2) is 101 Å². The molecular weight excluding hydrogens is 759 g/mol. The second kappa shape index (κ2) is 19.9. The van der Waals surface area contributed by atoms with Gasteiger partial charge in [-0.05, 0) is 98.6 Å². The van der Waals surface area contributed by atoms with E-state index in [2.05, 4.69) is 34.3 Å². The van der Waals surface area contributed by atoms with Gasteiger partial charge in [0.15, 0.2) is 0 Å². The number of hydrogen-bond acceptors (Lipinski definition) is 7. The van der Waals surface area contributed by atoms with Crippen LogP contribution in [0.25, 0.3) is 0 Å². The third-order valence-corrected chi connectivity index (χ3v) is 10.5. The Labute approximate surface area is 337 Å². The minimum atomic E-state index is -0.606. The number of anilines is 2. The van der Waals surface area contributed by atoms with Gasteiger partial charge < -0.3 is 26.2 Å². The van der Waals surface area contributed by atoms with Crippen LogP contribution in [0, 0.1) is 11.6 Å². The fourth-order valence-electron chi connectivity index (χ4n) is 6.98. The fraction of sp³-hybridized carbons (Fsp3) is 0.357. The highest BCUT2D eigenvalue weighted by Crippen LogP contribution is 2.22. The van der Waals surface area contributed by atoms with Crippen molar-refractivity contribution in [3.05, 3.63) is 129 Å². The lowest BCUT2D eigenvalue weighted by atomic mass is 10.1. The van der Waals surface area contributed by atoms with Crippen LogP contribution in [0.3, 0.4) is 0 Å². The first kappa shape index (κ1) is 42.4. The van der Waals surface area contributed by atoms with Crippen molar-refractivity contribution in [2.45, 2.75) is 52.0 Å². The Morgan fingerprint density at radius 1 is 0.661 bits per heavy atom. The molecular formula is C42H49Cl2F2N7O3. The van der Waals surface area contributed by atoms with E-state index in [-0.39, 0.29) is 60.2 Å². The molecule has 0 aromatic heterocycles. The predicted octanol–water partition coefficient (Wildman–Crippen LogP) is 6.74. The van der Waals surface area contributed by atoms with Gasteiger partial charge in [0.05, 0.1) is 18.7 Å². The van der Waals surface area contributed by atoms with Crippen molar-refractivity contribution in [2.75, 3.05) is 56.4 Å². The first-order chi connectivity index (χ1) is 26.7. The molecule has 2 saturated heterocycles. The second-order valence-electron chi connectivity index (χ2n) is 14.4. The van der Waals surface area contributed by atoms with Crippen LogP contribution in [-0.2, 0) is 22.7 Å². The molecule has 2 aliphatic rings. The molecule has 6 rings (SSSR count). The van der Waals surface area contributed by atoms with Crippen LogP contribution in [0.2, 0.25) is 10.0 Å². The molecule has 56 heavy (non-hydrogen) atoms. The molecule has 3 amide bonds. The molecule has 0 saturated carbocycles. The molecule has 2 fully saturated rings. The van der Waals surface area contributed by atoms with Gasteiger partial charge in [-0.15, -0.1) is 0 Å². The number of primary amides is 1. The van der Waals surface area contributed by atoms with Gasteiger partial charge in [0.1, 0.15) is 11.6 Å². The van der Waals surface area contributed by atoms with E-state index in [4.69, 9.17) is 28.9 Å². The number of nitrogens with one attached hydrogen (secondary N) is 2. The van der Waals surface area contributed by atoms with Gasteiger partial charge in [-0.2, -0.15) is 0 Å². The highest BCUT2D eigenvalue weighted by molar-refractivity contribution is 6.31. The number of rotatable bonds is 11. The zero-order valence-electron chi connectivity index (χ0n) is 31.9. The van der Waals surface area contributed by atoms with Crippen LogP contribution < -0.4 is 16.4 Å². The summed E-state index contributed by atoms with van der Waals surface area (Å²) in [6.45, 7) is 11.6. The average Bonchev–Trinajstić information content (AvgIpc) is 3.17. The number of benzene rings is 4. The highest BCUT2D eigenvalue weighted by Gasteiger charge is 2.32. The van der Waals surface area contributed by atoms with Crippen molar-refractivity contribution < 1.29 is 23.2 Å². The van der Waals surface area contributed by atoms with Gasteiger partial charge in [-0.1, -0.05) is 47.5 Å². The molecule has 0 aliphatic carbocycles. The van der Waals surface area contributed by atoms with Crippen molar-refractivity contribution in [3.8, 4) is 0 Å². The fourth-order valence-corrected chi connectivity index (χ4v) is 7.28. The third kappa shape index (κ3) is 12.1. The second-order valence-corrected chi connectivity index (χ2v) is 15.2. The topological polar surface area (TPSA) is 114 Å². The summed E-state index contributed by atoms with van der Waals surface area (Å²) in [4.78, 5) is 45.3. The molecule has 2 heterocycles. The molecule has 0 radical (unpaired) electrons. The van der Waals surface area contributed by atoms with E-state index >= 15 is 0 Å². The Morgan fingerprint density at radius 3 is 1.82 bits per heavy atom. The molecule has 3 unspecified atom stereocenters. The van der Waals surface area contributed by atoms with Gasteiger partial charge >= 0.3 is 0 Å². The summed E-state index contributed by atoms with van der Waals surface area (Å²) in [5.74, 6) is -1.03. The number of halogens is 4. The lowest BCUT2D eigenvalue weighted by molar-refractivity contribution is -0.135. The smallest absolute Gasteiger partial charge is 0.250 e. The molecule has 14 heteroatoms. The predicted molar refractivity (Wildman–Crippen MR) is 219 cm³/mol. The van der Waals surface area contributed by atoms with Gasteiger partial charge in [0.2, 0.25) is 11.8 Å². The normalized spacial score (nSPS) is 18.8. The van der Waals surface area contributed by atoms with Crippen LogP contribution in [0.15, 0.2) is 91.0 Å². The monoisotopic (exact) mass is 807 g/mol. The summed E-state index contributed by atoms with van der Waals surface area (Å²) in [7, 11) is 0. The zero-order chi connectivity index (χ0) is 40.4. The minimum absolute atomic E-state index is 0.0410. The van der Waals surface area contributed by atoms with E-state index in [9.17, 15) is 23.2 Å². The molecule has 10 nitrogen and oxygen atoms in total. The van der Waals surface area contributed by atoms with Crippen molar-refractivity contribution in [2.24, 2.45) is 5.73 Å². The lowest BCUT2D eigenvalue weighted by Crippen LogP contribution is -2.58. The Balaban J connectivity index is 0.000000215. The first-order valence-corrected chi connectivity index (χ1v) is 19.4. The minimum Gasteiger partial charge on any atom is -0.376 e. The average molecular weight is 809 g/mol. The maximum Gasteiger partial charge on any atom is 0.250 e. The molecule has 298 valence electrons. The van der Waals surface area contributed by atoms with Gasteiger partial charge in [0, 0.05) is 85.4 Å². The Morgan fingerprint density at radius 2 is 1.21 bits per heavy atom. The summed E-state index contributed by atoms with van der Waals surface area (Å²) in [5, 5.41) is 7.23. The molecule has 4 aromatic carbocycles. The maximum absolute atomic E-state index is 13.1. The summed E-state index contributed by atoms with van der Waals surface area (Å²) in [6, 6.07) is 25.6. The van der Waals surface area contributed by atoms with E-state index in [1.165, 1.54) is 30.3 Å². The van der Waals surface area contributed by atoms with Crippen molar-refractivity contribution in [3.63, 3.8) is 0 Å². The number of carbonyl (C=O) groups excluding carboxylic acids is 3. The Kier molecular flexibility index (Phi) is 15.1. The number of piperazine rings is 2. The van der Waals surface area contributed by atoms with Crippen LogP contribution in [0.4, 0.5) is 20.2 Å². The standard InChI is InChI=1S/C21H24ClFN4O2.C21H25ClFN3O/c1-14-12-26(13-15-2-5-17(23)6-3-15)8-9-27(14)20(28)11-25-19-7-4-16(22)10-18(19)21(24)29;1-15-13-26(21(27)11-24-20-9-5-18(22)6-10-20)16(2)12-25(15)14-17-3-7-19(23)8-4-17/h2-7,10,14,25H,8-9,11-13H2,1H3,(H2,24,29);3-10,15-16,24H,11-14H2,1-2H3. The van der Waals surface area contributed by atoms with Crippen molar-refractivity contribution >= 4 is 52.3 Å². The largest absolute Gasteiger partial charge is 0.376 e. The number of amides is 3. The molecule has 2 aliphatic heterocycles. The third-order valence-electron chi connectivity index (χ3n) is 10.1. The number of nitrogens with two attached hydrogens (primary N) is 1. The van der Waals surface area contributed by atoms with Gasteiger partial charge in [0.25, 0.3) is 5.91 Å². The van der Waals surface area contributed by atoms with E-state index in [1.54, 1.807) is 36.4 Å². The zero-order valence-corrected chi connectivity index (χ0v) is 33.4. The highest BCUT2D eigenvalue weighted by atomic mass is 35.5. The molecule has 4 N–H and O–H groups in total. The number of hydrogen-bond donors (Lipinski definition) is 3. The Hall–Kier alpha value is -4.75. The van der Waals surface area contributed by atoms with E-state index in [0.717, 1.165) is 49.5 Å². The van der Waals surface area contributed by atoms with Gasteiger partial charge in [-0.3, -0.25) is 24.2 Å². The quantitative estimate of drug-likeness (QED) is 0.154. The van der Waals surface area contributed by atoms with Crippen molar-refractivity contribution in [1.82, 2.24) is 19.6 Å². The SMILES string of the molecule is CC1CN(C(=O)CNc2ccc(Cl)cc2)C(C)CN1Cc1ccc(F)cc1.CC1CN(Cc2ccc(F)cc2)CCN1C(=O)CNc1ccc(Cl)cc1C(N)=O. The number of nitrogens with zero attached hydrogens (tertiary/aromatic N) is 4. The molecule has 0 spiro atoms. The number of carbonyl (C=O) groups is 3. The Bertz CT molecular complexity index is 1940. The lowest BCUT2D eigenvalue weighted by Gasteiger charge is -2.44. The van der Waals surface area contributed by atoms with Crippen LogP contribution >= 0.6 is 23.2 Å². The van der Waals surface area contributed by atoms with Crippen LogP contribution in [0.1, 0.15) is 42.3 Å². The summed E-state index contributed by atoms with van der Waals surface area (Å²) in [6.07, 6.45) is 0. The van der Waals surface area contributed by atoms with E-state index < -0.39 is 5.91 Å².